The molecule has 0 fully saturated rings. The molecule has 0 saturated carbocycles. The van der Waals surface area contributed by atoms with Crippen LogP contribution < -0.4 is 5.32 Å². The van der Waals surface area contributed by atoms with E-state index in [9.17, 15) is 18.7 Å². The zero-order valence-corrected chi connectivity index (χ0v) is 13.4. The molecule has 1 amide bonds. The summed E-state index contributed by atoms with van der Waals surface area (Å²) >= 11 is 0. The van der Waals surface area contributed by atoms with E-state index in [4.69, 9.17) is 10.00 Å². The topological polar surface area (TPSA) is 82.3 Å². The van der Waals surface area contributed by atoms with Crippen LogP contribution in [0, 0.1) is 23.0 Å². The zero-order chi connectivity index (χ0) is 18.4. The third-order valence-corrected chi connectivity index (χ3v) is 3.45. The van der Waals surface area contributed by atoms with E-state index in [0.29, 0.717) is 11.1 Å². The fraction of sp³-hybridized carbons (Fsp3) is 0.222. The van der Waals surface area contributed by atoms with Crippen LogP contribution in [0.15, 0.2) is 36.4 Å². The highest BCUT2D eigenvalue weighted by atomic mass is 19.1. The zero-order valence-electron chi connectivity index (χ0n) is 13.4. The maximum Gasteiger partial charge on any atom is 0.254 e. The fourth-order valence-electron chi connectivity index (χ4n) is 2.26. The lowest BCUT2D eigenvalue weighted by Crippen LogP contribution is -2.31. The van der Waals surface area contributed by atoms with Gasteiger partial charge in [0, 0.05) is 25.3 Å². The molecule has 0 aliphatic heterocycles. The van der Waals surface area contributed by atoms with Crippen molar-refractivity contribution in [3.63, 3.8) is 0 Å². The molecule has 2 rings (SSSR count). The van der Waals surface area contributed by atoms with Crippen molar-refractivity contribution < 1.29 is 23.4 Å². The molecule has 0 bridgehead atoms. The molecule has 1 atom stereocenters. The number of amides is 1. The van der Waals surface area contributed by atoms with Gasteiger partial charge in [-0.2, -0.15) is 5.26 Å². The van der Waals surface area contributed by atoms with E-state index in [1.165, 1.54) is 0 Å². The smallest absolute Gasteiger partial charge is 0.254 e. The van der Waals surface area contributed by atoms with Gasteiger partial charge in [-0.15, -0.1) is 0 Å². The Morgan fingerprint density at radius 1 is 1.28 bits per heavy atom. The summed E-state index contributed by atoms with van der Waals surface area (Å²) in [6, 6.07) is 9.94. The van der Waals surface area contributed by atoms with Crippen LogP contribution in [0.2, 0.25) is 0 Å². The van der Waals surface area contributed by atoms with Gasteiger partial charge < -0.3 is 15.2 Å². The van der Waals surface area contributed by atoms with Crippen LogP contribution in [0.5, 0.6) is 5.75 Å². The second-order valence-electron chi connectivity index (χ2n) is 5.19. The number of carbonyl (C=O) groups excluding carboxylic acids is 1. The highest BCUT2D eigenvalue weighted by Gasteiger charge is 2.28. The molecule has 0 radical (unpaired) electrons. The van der Waals surface area contributed by atoms with E-state index in [2.05, 4.69) is 5.32 Å². The summed E-state index contributed by atoms with van der Waals surface area (Å²) in [6.07, 6.45) is -1.48. The molecule has 0 aromatic heterocycles. The first-order valence-corrected chi connectivity index (χ1v) is 7.52. The third-order valence-electron chi connectivity index (χ3n) is 3.45. The number of rotatable bonds is 6. The lowest BCUT2D eigenvalue weighted by atomic mass is 10.1. The Labute approximate surface area is 143 Å². The van der Waals surface area contributed by atoms with Gasteiger partial charge in [0.2, 0.25) is 0 Å². The first-order valence-electron chi connectivity index (χ1n) is 7.52. The molecule has 0 aliphatic rings. The molecular formula is C18H16F2N2O3. The number of benzene rings is 2. The number of carbonyl (C=O) groups is 1. The van der Waals surface area contributed by atoms with E-state index < -0.39 is 35.0 Å². The Bertz CT molecular complexity index is 778. The molecule has 2 aromatic carbocycles. The number of nitrogens with zero attached hydrogens (tertiary/aromatic N) is 1. The number of aromatic hydroxyl groups is 1. The molecule has 2 N–H and O–H groups in total. The van der Waals surface area contributed by atoms with Crippen molar-refractivity contribution in [2.75, 3.05) is 6.61 Å². The molecule has 0 aliphatic carbocycles. The van der Waals surface area contributed by atoms with Gasteiger partial charge in [-0.1, -0.05) is 12.1 Å². The minimum Gasteiger partial charge on any atom is -0.508 e. The number of hydrogen-bond acceptors (Lipinski definition) is 4. The maximum atomic E-state index is 14.0. The third kappa shape index (κ3) is 4.52. The molecule has 0 spiro atoms. The average molecular weight is 346 g/mol. The highest BCUT2D eigenvalue weighted by molar-refractivity contribution is 5.82. The van der Waals surface area contributed by atoms with Crippen molar-refractivity contribution in [3.8, 4) is 11.8 Å². The average Bonchev–Trinajstić information content (AvgIpc) is 2.58. The summed E-state index contributed by atoms with van der Waals surface area (Å²) in [5, 5.41) is 20.5. The van der Waals surface area contributed by atoms with E-state index in [0.717, 1.165) is 12.1 Å². The molecule has 5 nitrogen and oxygen atoms in total. The Hall–Kier alpha value is -2.98. The Morgan fingerprint density at radius 2 is 1.88 bits per heavy atom. The lowest BCUT2D eigenvalue weighted by Gasteiger charge is -2.18. The molecule has 0 saturated heterocycles. The maximum absolute atomic E-state index is 14.0. The van der Waals surface area contributed by atoms with E-state index >= 15 is 0 Å². The Kier molecular flexibility index (Phi) is 6.03. The predicted octanol–water partition coefficient (Wildman–Crippen LogP) is 2.94. The molecule has 25 heavy (non-hydrogen) atoms. The van der Waals surface area contributed by atoms with Crippen molar-refractivity contribution in [2.24, 2.45) is 0 Å². The summed E-state index contributed by atoms with van der Waals surface area (Å²) in [5.74, 6) is -3.42. The minimum atomic E-state index is -1.48. The number of nitriles is 1. The molecule has 130 valence electrons. The fourth-order valence-corrected chi connectivity index (χ4v) is 2.26. The standard InChI is InChI=1S/C18H16F2N2O3/c1-2-25-17(16-14(19)7-13(23)8-15(16)20)18(24)22-10-12-5-3-11(9-21)4-6-12/h3-8,17,23H,2,10H2,1H3,(H,22,24). The molecule has 1 unspecified atom stereocenters. The number of hydrogen-bond donors (Lipinski definition) is 2. The minimum absolute atomic E-state index is 0.0642. The first-order chi connectivity index (χ1) is 12.0. The Morgan fingerprint density at radius 3 is 2.40 bits per heavy atom. The summed E-state index contributed by atoms with van der Waals surface area (Å²) in [6.45, 7) is 1.77. The van der Waals surface area contributed by atoms with Gasteiger partial charge in [-0.05, 0) is 24.6 Å². The van der Waals surface area contributed by atoms with Gasteiger partial charge in [0.1, 0.15) is 17.4 Å². The van der Waals surface area contributed by atoms with Gasteiger partial charge in [0.25, 0.3) is 5.91 Å². The van der Waals surface area contributed by atoms with Crippen LogP contribution in [0.1, 0.15) is 29.7 Å². The number of ether oxygens (including phenoxy) is 1. The summed E-state index contributed by atoms with van der Waals surface area (Å²) in [7, 11) is 0. The molecular weight excluding hydrogens is 330 g/mol. The van der Waals surface area contributed by atoms with Crippen LogP contribution in [-0.2, 0) is 16.1 Å². The first kappa shape index (κ1) is 18.4. The van der Waals surface area contributed by atoms with Crippen molar-refractivity contribution in [3.05, 3.63) is 64.7 Å². The van der Waals surface area contributed by atoms with Crippen molar-refractivity contribution in [1.29, 1.82) is 5.26 Å². The van der Waals surface area contributed by atoms with Gasteiger partial charge >= 0.3 is 0 Å². The Balaban J connectivity index is 2.16. The van der Waals surface area contributed by atoms with Gasteiger partial charge in [-0.25, -0.2) is 8.78 Å². The summed E-state index contributed by atoms with van der Waals surface area (Å²) in [4.78, 5) is 12.3. The molecule has 0 heterocycles. The quantitative estimate of drug-likeness (QED) is 0.842. The van der Waals surface area contributed by atoms with Crippen LogP contribution in [0.25, 0.3) is 0 Å². The highest BCUT2D eigenvalue weighted by Crippen LogP contribution is 2.27. The van der Waals surface area contributed by atoms with Crippen LogP contribution >= 0.6 is 0 Å². The van der Waals surface area contributed by atoms with E-state index in [-0.39, 0.29) is 13.2 Å². The predicted molar refractivity (Wildman–Crippen MR) is 85.4 cm³/mol. The van der Waals surface area contributed by atoms with Crippen LogP contribution in [0.3, 0.4) is 0 Å². The largest absolute Gasteiger partial charge is 0.508 e. The van der Waals surface area contributed by atoms with Gasteiger partial charge in [-0.3, -0.25) is 4.79 Å². The van der Waals surface area contributed by atoms with E-state index in [1.807, 2.05) is 6.07 Å². The number of phenols is 1. The van der Waals surface area contributed by atoms with Crippen LogP contribution in [0.4, 0.5) is 8.78 Å². The SMILES string of the molecule is CCOC(C(=O)NCc1ccc(C#N)cc1)c1c(F)cc(O)cc1F. The van der Waals surface area contributed by atoms with E-state index in [1.54, 1.807) is 31.2 Å². The van der Waals surface area contributed by atoms with Crippen molar-refractivity contribution >= 4 is 5.91 Å². The monoisotopic (exact) mass is 346 g/mol. The molecule has 2 aromatic rings. The summed E-state index contributed by atoms with van der Waals surface area (Å²) in [5.41, 5.74) is 0.640. The number of nitrogens with one attached hydrogen (secondary N) is 1. The number of halogens is 2. The van der Waals surface area contributed by atoms with Crippen molar-refractivity contribution in [2.45, 2.75) is 19.6 Å². The lowest BCUT2D eigenvalue weighted by molar-refractivity contribution is -0.133. The second-order valence-corrected chi connectivity index (χ2v) is 5.19. The normalized spacial score (nSPS) is 11.6. The summed E-state index contributed by atoms with van der Waals surface area (Å²) < 4.78 is 33.2. The van der Waals surface area contributed by atoms with Crippen molar-refractivity contribution in [1.82, 2.24) is 5.32 Å². The van der Waals surface area contributed by atoms with Crippen LogP contribution in [-0.4, -0.2) is 17.6 Å². The van der Waals surface area contributed by atoms with Gasteiger partial charge in [0.15, 0.2) is 6.10 Å². The second kappa shape index (κ2) is 8.22. The number of phenolic OH excluding ortho intramolecular Hbond substituents is 1. The van der Waals surface area contributed by atoms with Gasteiger partial charge in [0.05, 0.1) is 17.2 Å². The molecule has 7 heteroatoms.